The van der Waals surface area contributed by atoms with Gasteiger partial charge in [-0.05, 0) is 55.0 Å². The van der Waals surface area contributed by atoms with Crippen molar-refractivity contribution in [2.45, 2.75) is 6.92 Å². The number of benzene rings is 1. The Labute approximate surface area is 165 Å². The van der Waals surface area contributed by atoms with Crippen molar-refractivity contribution in [2.75, 3.05) is 5.32 Å². The molecule has 0 saturated heterocycles. The fourth-order valence-electron chi connectivity index (χ4n) is 2.61. The first-order chi connectivity index (χ1) is 14.1. The van der Waals surface area contributed by atoms with Gasteiger partial charge in [-0.25, -0.2) is 4.98 Å². The molecule has 0 saturated carbocycles. The summed E-state index contributed by atoms with van der Waals surface area (Å²) in [6.07, 6.45) is 3.06. The largest absolute Gasteiger partial charge is 0.461 e. The average molecular weight is 386 g/mol. The molecule has 1 aromatic carbocycles. The van der Waals surface area contributed by atoms with E-state index in [0.717, 1.165) is 5.56 Å². The van der Waals surface area contributed by atoms with E-state index in [1.54, 1.807) is 48.7 Å². The summed E-state index contributed by atoms with van der Waals surface area (Å²) in [4.78, 5) is 16.5. The standard InChI is InChI=1S/C21H14N4O4/c1-13-10-15(28-21-14(12-22)4-2-8-23-21)6-7-16(13)24-20(26)17-11-19(29-25-17)18-5-3-9-27-18/h2-11H,1H3,(H,24,26). The van der Waals surface area contributed by atoms with E-state index in [-0.39, 0.29) is 11.6 Å². The minimum atomic E-state index is -0.417. The molecule has 4 aromatic rings. The van der Waals surface area contributed by atoms with E-state index in [4.69, 9.17) is 18.9 Å². The molecule has 0 fully saturated rings. The van der Waals surface area contributed by atoms with Crippen LogP contribution in [0.3, 0.4) is 0 Å². The molecular formula is C21H14N4O4. The minimum Gasteiger partial charge on any atom is -0.461 e. The van der Waals surface area contributed by atoms with Crippen LogP contribution in [0.1, 0.15) is 21.6 Å². The molecule has 29 heavy (non-hydrogen) atoms. The molecule has 3 heterocycles. The Bertz CT molecular complexity index is 1210. The summed E-state index contributed by atoms with van der Waals surface area (Å²) in [6.45, 7) is 1.82. The summed E-state index contributed by atoms with van der Waals surface area (Å²) in [5.41, 5.74) is 1.82. The van der Waals surface area contributed by atoms with Crippen molar-refractivity contribution < 1.29 is 18.5 Å². The molecule has 4 rings (SSSR count). The number of nitrogens with one attached hydrogen (secondary N) is 1. The second kappa shape index (κ2) is 7.70. The van der Waals surface area contributed by atoms with E-state index in [2.05, 4.69) is 15.5 Å². The summed E-state index contributed by atoms with van der Waals surface area (Å²) < 4.78 is 16.1. The number of furan rings is 1. The van der Waals surface area contributed by atoms with Gasteiger partial charge in [0, 0.05) is 18.0 Å². The van der Waals surface area contributed by atoms with Crippen molar-refractivity contribution >= 4 is 11.6 Å². The smallest absolute Gasteiger partial charge is 0.277 e. The number of carbonyl (C=O) groups excluding carboxylic acids is 1. The maximum Gasteiger partial charge on any atom is 0.277 e. The first kappa shape index (κ1) is 18.0. The number of amides is 1. The first-order valence-electron chi connectivity index (χ1n) is 8.59. The Morgan fingerprint density at radius 2 is 2.07 bits per heavy atom. The molecule has 0 aliphatic heterocycles. The lowest BCUT2D eigenvalue weighted by molar-refractivity contribution is 0.101. The number of ether oxygens (including phenoxy) is 1. The zero-order valence-electron chi connectivity index (χ0n) is 15.2. The topological polar surface area (TPSA) is 114 Å². The predicted molar refractivity (Wildman–Crippen MR) is 102 cm³/mol. The molecule has 0 aliphatic carbocycles. The van der Waals surface area contributed by atoms with E-state index in [0.29, 0.717) is 28.5 Å². The van der Waals surface area contributed by atoms with Gasteiger partial charge in [-0.15, -0.1) is 0 Å². The fourth-order valence-corrected chi connectivity index (χ4v) is 2.61. The van der Waals surface area contributed by atoms with Gasteiger partial charge in [0.1, 0.15) is 17.4 Å². The lowest BCUT2D eigenvalue weighted by Gasteiger charge is -2.10. The Morgan fingerprint density at radius 3 is 2.83 bits per heavy atom. The van der Waals surface area contributed by atoms with Gasteiger partial charge in [0.15, 0.2) is 11.5 Å². The van der Waals surface area contributed by atoms with Crippen LogP contribution in [0, 0.1) is 18.3 Å². The molecule has 8 nitrogen and oxygen atoms in total. The molecule has 8 heteroatoms. The first-order valence-corrected chi connectivity index (χ1v) is 8.59. The second-order valence-corrected chi connectivity index (χ2v) is 6.05. The Balaban J connectivity index is 1.48. The van der Waals surface area contributed by atoms with Gasteiger partial charge < -0.3 is 19.0 Å². The normalized spacial score (nSPS) is 10.3. The van der Waals surface area contributed by atoms with Crippen LogP contribution >= 0.6 is 0 Å². The number of nitrogens with zero attached hydrogens (tertiary/aromatic N) is 3. The molecule has 0 bridgehead atoms. The van der Waals surface area contributed by atoms with Gasteiger partial charge in [0.2, 0.25) is 11.6 Å². The number of hydrogen-bond acceptors (Lipinski definition) is 7. The summed E-state index contributed by atoms with van der Waals surface area (Å²) in [7, 11) is 0. The number of aryl methyl sites for hydroxylation is 1. The predicted octanol–water partition coefficient (Wildman–Crippen LogP) is 4.55. The zero-order valence-corrected chi connectivity index (χ0v) is 15.2. The molecule has 0 spiro atoms. The number of anilines is 1. The zero-order chi connectivity index (χ0) is 20.2. The molecular weight excluding hydrogens is 372 g/mol. The minimum absolute atomic E-state index is 0.128. The maximum absolute atomic E-state index is 12.5. The van der Waals surface area contributed by atoms with Crippen LogP contribution in [0.4, 0.5) is 5.69 Å². The van der Waals surface area contributed by atoms with Gasteiger partial charge in [-0.1, -0.05) is 5.16 Å². The van der Waals surface area contributed by atoms with E-state index >= 15 is 0 Å². The van der Waals surface area contributed by atoms with Crippen LogP contribution in [0.5, 0.6) is 11.6 Å². The van der Waals surface area contributed by atoms with Crippen molar-refractivity contribution in [2.24, 2.45) is 0 Å². The Morgan fingerprint density at radius 1 is 1.17 bits per heavy atom. The van der Waals surface area contributed by atoms with Crippen molar-refractivity contribution in [3.8, 4) is 29.2 Å². The average Bonchev–Trinajstić information content (AvgIpc) is 3.42. The van der Waals surface area contributed by atoms with E-state index < -0.39 is 5.91 Å². The van der Waals surface area contributed by atoms with Gasteiger partial charge in [0.25, 0.3) is 5.91 Å². The quantitative estimate of drug-likeness (QED) is 0.535. The molecule has 0 unspecified atom stereocenters. The number of pyridine rings is 1. The van der Waals surface area contributed by atoms with E-state index in [1.165, 1.54) is 12.3 Å². The highest BCUT2D eigenvalue weighted by Crippen LogP contribution is 2.27. The highest BCUT2D eigenvalue weighted by Gasteiger charge is 2.16. The summed E-state index contributed by atoms with van der Waals surface area (Å²) in [5, 5.41) is 15.7. The highest BCUT2D eigenvalue weighted by molar-refractivity contribution is 6.03. The third-order valence-electron chi connectivity index (χ3n) is 4.06. The van der Waals surface area contributed by atoms with Gasteiger partial charge in [-0.2, -0.15) is 5.26 Å². The van der Waals surface area contributed by atoms with Crippen LogP contribution in [-0.4, -0.2) is 16.0 Å². The third kappa shape index (κ3) is 3.84. The molecule has 0 aliphatic rings. The lowest BCUT2D eigenvalue weighted by atomic mass is 10.2. The SMILES string of the molecule is Cc1cc(Oc2ncccc2C#N)ccc1NC(=O)c1cc(-c2ccco2)on1. The van der Waals surface area contributed by atoms with Gasteiger partial charge in [0.05, 0.1) is 6.26 Å². The number of aromatic nitrogens is 2. The van der Waals surface area contributed by atoms with Crippen molar-refractivity contribution in [1.29, 1.82) is 5.26 Å². The molecule has 142 valence electrons. The molecule has 3 aromatic heterocycles. The Hall–Kier alpha value is -4.38. The number of carbonyl (C=O) groups is 1. The van der Waals surface area contributed by atoms with Crippen molar-refractivity contribution in [3.63, 3.8) is 0 Å². The maximum atomic E-state index is 12.5. The van der Waals surface area contributed by atoms with Crippen LogP contribution in [0.15, 0.2) is 69.9 Å². The van der Waals surface area contributed by atoms with E-state index in [9.17, 15) is 4.79 Å². The van der Waals surface area contributed by atoms with E-state index in [1.807, 2.05) is 13.0 Å². The number of nitriles is 1. The fraction of sp³-hybridized carbons (Fsp3) is 0.0476. The monoisotopic (exact) mass is 386 g/mol. The Kier molecular flexibility index (Phi) is 4.78. The van der Waals surface area contributed by atoms with Gasteiger partial charge in [-0.3, -0.25) is 4.79 Å². The molecule has 1 N–H and O–H groups in total. The lowest BCUT2D eigenvalue weighted by Crippen LogP contribution is -2.13. The van der Waals surface area contributed by atoms with Crippen LogP contribution in [0.25, 0.3) is 11.5 Å². The molecule has 0 atom stereocenters. The van der Waals surface area contributed by atoms with Crippen LogP contribution in [0.2, 0.25) is 0 Å². The number of hydrogen-bond donors (Lipinski definition) is 1. The number of rotatable bonds is 5. The molecule has 0 radical (unpaired) electrons. The van der Waals surface area contributed by atoms with Crippen LogP contribution < -0.4 is 10.1 Å². The van der Waals surface area contributed by atoms with Crippen molar-refractivity contribution in [1.82, 2.24) is 10.1 Å². The third-order valence-corrected chi connectivity index (χ3v) is 4.06. The van der Waals surface area contributed by atoms with Crippen molar-refractivity contribution in [3.05, 3.63) is 77.8 Å². The van der Waals surface area contributed by atoms with Crippen LogP contribution in [-0.2, 0) is 0 Å². The highest BCUT2D eigenvalue weighted by atomic mass is 16.5. The molecule has 1 amide bonds. The summed E-state index contributed by atoms with van der Waals surface area (Å²) >= 11 is 0. The van der Waals surface area contributed by atoms with Gasteiger partial charge >= 0.3 is 0 Å². The summed E-state index contributed by atoms with van der Waals surface area (Å²) in [6, 6.07) is 15.4. The summed E-state index contributed by atoms with van der Waals surface area (Å²) in [5.74, 6) is 1.15. The second-order valence-electron chi connectivity index (χ2n) is 6.05.